The van der Waals surface area contributed by atoms with Crippen molar-refractivity contribution in [2.75, 3.05) is 25.0 Å². The zero-order chi connectivity index (χ0) is 30.5. The lowest BCUT2D eigenvalue weighted by Gasteiger charge is -2.49. The van der Waals surface area contributed by atoms with Crippen LogP contribution in [-0.2, 0) is 20.8 Å². The lowest BCUT2D eigenvalue weighted by atomic mass is 9.57. The molecule has 0 bridgehead atoms. The maximum Gasteiger partial charge on any atom is 0.573 e. The second-order valence-electron chi connectivity index (χ2n) is 11.3. The lowest BCUT2D eigenvalue weighted by molar-refractivity contribution is -0.275. The summed E-state index contributed by atoms with van der Waals surface area (Å²) >= 11 is 0. The standard InChI is InChI=1S/C27H29F3N4O8/c1-2-32-17-11-6-9-5-10-13(19(35)12(9)23(38)26(11,41)24(39)15(21(17)37)25(31)40)20(36)18-14(22(10)42-27(28,29)30)16-8(7-34-18)3-4-33-16/h8-9,11,16-17,32-36,39,41H,2-7H2,1H3,(H2,31,40)/t8?,9-,11-,16?,17-,26-/m0/s1. The topological polar surface area (TPSA) is 203 Å². The van der Waals surface area contributed by atoms with Crippen LogP contribution in [0.2, 0.25) is 0 Å². The summed E-state index contributed by atoms with van der Waals surface area (Å²) in [4.78, 5) is 39.2. The van der Waals surface area contributed by atoms with Crippen LogP contribution < -0.4 is 26.4 Å². The van der Waals surface area contributed by atoms with Crippen molar-refractivity contribution in [3.63, 3.8) is 0 Å². The first-order valence-electron chi connectivity index (χ1n) is 13.6. The number of fused-ring (bicyclic) bond motifs is 6. The zero-order valence-corrected chi connectivity index (χ0v) is 22.3. The molecule has 0 aromatic heterocycles. The zero-order valence-electron chi connectivity index (χ0n) is 22.3. The van der Waals surface area contributed by atoms with E-state index in [1.165, 1.54) is 0 Å². The third-order valence-electron chi connectivity index (χ3n) is 9.20. The van der Waals surface area contributed by atoms with Gasteiger partial charge in [-0.1, -0.05) is 6.92 Å². The molecule has 2 heterocycles. The summed E-state index contributed by atoms with van der Waals surface area (Å²) in [6.07, 6.45) is -5.08. The number of ketones is 2. The predicted molar refractivity (Wildman–Crippen MR) is 138 cm³/mol. The van der Waals surface area contributed by atoms with Gasteiger partial charge in [-0.3, -0.25) is 14.4 Å². The predicted octanol–water partition coefficient (Wildman–Crippen LogP) is 0.987. The normalized spacial score (nSPS) is 32.0. The number of rotatable bonds is 4. The first-order valence-corrected chi connectivity index (χ1v) is 13.6. The van der Waals surface area contributed by atoms with Crippen LogP contribution in [0, 0.1) is 17.8 Å². The van der Waals surface area contributed by atoms with E-state index < -0.39 is 93.1 Å². The molecule has 1 aromatic carbocycles. The Morgan fingerprint density at radius 1 is 1.24 bits per heavy atom. The number of carbonyl (C=O) groups excluding carboxylic acids is 3. The first kappa shape index (κ1) is 28.3. The molecule has 0 spiro atoms. The van der Waals surface area contributed by atoms with E-state index in [9.17, 15) is 48.0 Å². The van der Waals surface area contributed by atoms with E-state index >= 15 is 0 Å². The number of anilines is 1. The number of hydrogen-bond acceptors (Lipinski definition) is 11. The number of primary amides is 1. The number of aliphatic hydroxyl groups excluding tert-OH is 2. The van der Waals surface area contributed by atoms with E-state index in [4.69, 9.17) is 5.73 Å². The molecule has 1 amide bonds. The van der Waals surface area contributed by atoms with Crippen LogP contribution in [0.5, 0.6) is 11.5 Å². The Labute approximate surface area is 236 Å². The molecule has 1 saturated heterocycles. The fraction of sp³-hybridized carbons (Fsp3) is 0.519. The van der Waals surface area contributed by atoms with Crippen molar-refractivity contribution in [1.29, 1.82) is 0 Å². The minimum Gasteiger partial charge on any atom is -0.508 e. The van der Waals surface area contributed by atoms with Gasteiger partial charge in [0, 0.05) is 35.2 Å². The van der Waals surface area contributed by atoms with Gasteiger partial charge in [-0.25, -0.2) is 0 Å². The molecular formula is C27H29F3N4O8. The largest absolute Gasteiger partial charge is 0.573 e. The van der Waals surface area contributed by atoms with Gasteiger partial charge in [-0.05, 0) is 44.2 Å². The van der Waals surface area contributed by atoms with Crippen molar-refractivity contribution in [2.45, 2.75) is 50.2 Å². The Morgan fingerprint density at radius 2 is 1.95 bits per heavy atom. The summed E-state index contributed by atoms with van der Waals surface area (Å²) in [5.74, 6) is -9.48. The molecule has 12 nitrogen and oxygen atoms in total. The number of aromatic hydroxyl groups is 1. The van der Waals surface area contributed by atoms with Gasteiger partial charge in [-0.15, -0.1) is 13.2 Å². The van der Waals surface area contributed by atoms with E-state index in [0.29, 0.717) is 19.5 Å². The number of amides is 1. The maximum atomic E-state index is 14.0. The number of Topliss-reactive ketones (excluding diaryl/α,β-unsaturated/α-hetero) is 2. The van der Waals surface area contributed by atoms with E-state index in [0.717, 1.165) is 0 Å². The maximum absolute atomic E-state index is 14.0. The molecule has 42 heavy (non-hydrogen) atoms. The monoisotopic (exact) mass is 594 g/mol. The summed E-state index contributed by atoms with van der Waals surface area (Å²) in [5, 5.41) is 54.2. The molecule has 5 aliphatic rings. The number of carbonyl (C=O) groups is 3. The van der Waals surface area contributed by atoms with Crippen LogP contribution in [0.1, 0.15) is 42.5 Å². The van der Waals surface area contributed by atoms with Crippen molar-refractivity contribution in [3.8, 4) is 11.5 Å². The van der Waals surface area contributed by atoms with Crippen LogP contribution in [0.3, 0.4) is 0 Å². The van der Waals surface area contributed by atoms with Crippen molar-refractivity contribution in [2.24, 2.45) is 23.5 Å². The molecule has 2 unspecified atom stereocenters. The number of benzene rings is 1. The minimum atomic E-state index is -5.14. The summed E-state index contributed by atoms with van der Waals surface area (Å²) in [6, 6.07) is -1.94. The van der Waals surface area contributed by atoms with Crippen LogP contribution in [0.15, 0.2) is 16.9 Å². The fourth-order valence-electron chi connectivity index (χ4n) is 7.51. The second kappa shape index (κ2) is 9.34. The number of aliphatic hydroxyl groups is 3. The van der Waals surface area contributed by atoms with Gasteiger partial charge >= 0.3 is 6.36 Å². The van der Waals surface area contributed by atoms with Crippen LogP contribution in [-0.4, -0.2) is 75.5 Å². The average Bonchev–Trinajstić information content (AvgIpc) is 3.39. The fourth-order valence-corrected chi connectivity index (χ4v) is 7.51. The van der Waals surface area contributed by atoms with Crippen LogP contribution in [0.25, 0.3) is 5.76 Å². The number of likely N-dealkylation sites (N-methyl/N-ethyl adjacent to an activating group) is 1. The highest BCUT2D eigenvalue weighted by Crippen LogP contribution is 2.58. The number of halogens is 3. The van der Waals surface area contributed by atoms with Gasteiger partial charge in [0.1, 0.15) is 22.8 Å². The number of hydrogen-bond donors (Lipinski definition) is 8. The number of nitrogens with two attached hydrogens (primary N) is 1. The molecule has 15 heteroatoms. The summed E-state index contributed by atoms with van der Waals surface area (Å²) in [5.41, 5.74) is 0.288. The number of nitrogens with one attached hydrogen (secondary N) is 3. The Hall–Kier alpha value is -3.82. The molecule has 6 rings (SSSR count). The van der Waals surface area contributed by atoms with Gasteiger partial charge < -0.3 is 46.8 Å². The van der Waals surface area contributed by atoms with E-state index in [2.05, 4.69) is 20.7 Å². The summed E-state index contributed by atoms with van der Waals surface area (Å²) in [7, 11) is 0. The van der Waals surface area contributed by atoms with Gasteiger partial charge in [0.2, 0.25) is 5.78 Å². The van der Waals surface area contributed by atoms with E-state index in [1.54, 1.807) is 6.92 Å². The molecule has 0 radical (unpaired) electrons. The molecule has 9 N–H and O–H groups in total. The van der Waals surface area contributed by atoms with Gasteiger partial charge in [0.15, 0.2) is 17.1 Å². The minimum absolute atomic E-state index is 0.0530. The smallest absolute Gasteiger partial charge is 0.508 e. The van der Waals surface area contributed by atoms with Crippen molar-refractivity contribution in [1.82, 2.24) is 10.6 Å². The number of ether oxygens (including phenoxy) is 1. The lowest BCUT2D eigenvalue weighted by Crippen LogP contribution is -2.66. The molecular weight excluding hydrogens is 565 g/mol. The second-order valence-corrected chi connectivity index (χ2v) is 11.3. The van der Waals surface area contributed by atoms with E-state index in [-0.39, 0.29) is 42.1 Å². The number of phenolic OH excluding ortho intramolecular Hbond substituents is 1. The third-order valence-corrected chi connectivity index (χ3v) is 9.20. The summed E-state index contributed by atoms with van der Waals surface area (Å²) in [6.45, 7) is 2.61. The molecule has 2 aliphatic heterocycles. The third kappa shape index (κ3) is 3.76. The van der Waals surface area contributed by atoms with E-state index in [1.807, 2.05) is 0 Å². The highest BCUT2D eigenvalue weighted by atomic mass is 19.4. The van der Waals surface area contributed by atoms with Crippen molar-refractivity contribution >= 4 is 28.9 Å². The van der Waals surface area contributed by atoms with Gasteiger partial charge in [0.25, 0.3) is 5.91 Å². The Kier molecular flexibility index (Phi) is 6.30. The molecule has 6 atom stereocenters. The number of phenols is 1. The molecule has 226 valence electrons. The highest BCUT2D eigenvalue weighted by molar-refractivity contribution is 6.24. The van der Waals surface area contributed by atoms with Crippen molar-refractivity contribution in [3.05, 3.63) is 33.6 Å². The van der Waals surface area contributed by atoms with Crippen molar-refractivity contribution < 1.29 is 52.7 Å². The van der Waals surface area contributed by atoms with Crippen LogP contribution in [0.4, 0.5) is 18.9 Å². The van der Waals surface area contributed by atoms with Crippen LogP contribution >= 0.6 is 0 Å². The average molecular weight is 595 g/mol. The highest BCUT2D eigenvalue weighted by Gasteiger charge is 2.64. The first-order chi connectivity index (χ1) is 19.7. The molecule has 3 aliphatic carbocycles. The summed E-state index contributed by atoms with van der Waals surface area (Å²) < 4.78 is 46.0. The van der Waals surface area contributed by atoms with Gasteiger partial charge in [-0.2, -0.15) is 0 Å². The van der Waals surface area contributed by atoms with Gasteiger partial charge in [0.05, 0.1) is 17.3 Å². The number of alkyl halides is 3. The quantitative estimate of drug-likeness (QED) is 0.182. The molecule has 2 fully saturated rings. The Bertz CT molecular complexity index is 1500. The Morgan fingerprint density at radius 3 is 2.60 bits per heavy atom. The Balaban J connectivity index is 1.59. The molecule has 1 aromatic rings. The SMILES string of the molecule is CCN[C@@H]1C(=O)C(C(N)=O)=C(O)[C@@]2(O)C(=O)C3=C(O)c4c(O)c5c(c(OC(F)(F)F)c4C[C@H]3C[C@@H]12)C1NCCC1CN5. The molecule has 1 saturated carbocycles.